The molecule has 25 heavy (non-hydrogen) atoms. The monoisotopic (exact) mass is 340 g/mol. The van der Waals surface area contributed by atoms with Crippen molar-refractivity contribution < 1.29 is 9.53 Å². The molecular formula is C21H28N2O2. The van der Waals surface area contributed by atoms with E-state index in [9.17, 15) is 4.79 Å². The topological polar surface area (TPSA) is 41.6 Å². The van der Waals surface area contributed by atoms with Gasteiger partial charge in [-0.1, -0.05) is 42.0 Å². The molecule has 0 radical (unpaired) electrons. The van der Waals surface area contributed by atoms with Gasteiger partial charge in [0.05, 0.1) is 6.61 Å². The summed E-state index contributed by atoms with van der Waals surface area (Å²) >= 11 is 0. The third kappa shape index (κ3) is 6.98. The summed E-state index contributed by atoms with van der Waals surface area (Å²) in [5.74, 6) is -0.0596. The molecule has 0 unspecified atom stereocenters. The van der Waals surface area contributed by atoms with Gasteiger partial charge in [0, 0.05) is 26.3 Å². The largest absolute Gasteiger partial charge is 0.378 e. The maximum Gasteiger partial charge on any atom is 0.246 e. The van der Waals surface area contributed by atoms with Gasteiger partial charge < -0.3 is 15.0 Å². The summed E-state index contributed by atoms with van der Waals surface area (Å²) in [6.07, 6.45) is 1.88. The molecule has 0 fully saturated rings. The fraction of sp³-hybridized carbons (Fsp3) is 0.381. The van der Waals surface area contributed by atoms with Gasteiger partial charge in [-0.15, -0.1) is 0 Å². The second-order valence-electron chi connectivity index (χ2n) is 6.50. The van der Waals surface area contributed by atoms with Crippen molar-refractivity contribution in [3.63, 3.8) is 0 Å². The number of carbonyl (C=O) groups is 1. The van der Waals surface area contributed by atoms with E-state index in [0.717, 1.165) is 18.4 Å². The van der Waals surface area contributed by atoms with Crippen LogP contribution in [0.2, 0.25) is 0 Å². The lowest BCUT2D eigenvalue weighted by Gasteiger charge is -2.12. The molecular weight excluding hydrogens is 312 g/mol. The molecule has 0 aromatic heterocycles. The number of hydrogen-bond donors (Lipinski definition) is 1. The number of benzene rings is 2. The van der Waals surface area contributed by atoms with E-state index in [1.54, 1.807) is 0 Å². The number of ether oxygens (including phenoxy) is 1. The van der Waals surface area contributed by atoms with Gasteiger partial charge in [0.1, 0.15) is 6.61 Å². The van der Waals surface area contributed by atoms with Crippen LogP contribution in [0.5, 0.6) is 0 Å². The van der Waals surface area contributed by atoms with E-state index < -0.39 is 0 Å². The van der Waals surface area contributed by atoms with E-state index in [4.69, 9.17) is 4.74 Å². The van der Waals surface area contributed by atoms with Gasteiger partial charge in [0.25, 0.3) is 0 Å². The summed E-state index contributed by atoms with van der Waals surface area (Å²) in [6.45, 7) is 3.28. The normalized spacial score (nSPS) is 10.5. The van der Waals surface area contributed by atoms with Crippen molar-refractivity contribution >= 4 is 11.6 Å². The number of amides is 1. The molecule has 2 rings (SSSR count). The Morgan fingerprint density at radius 1 is 1.08 bits per heavy atom. The minimum absolute atomic E-state index is 0.0596. The van der Waals surface area contributed by atoms with Crippen LogP contribution < -0.4 is 10.2 Å². The fourth-order valence-corrected chi connectivity index (χ4v) is 2.60. The van der Waals surface area contributed by atoms with E-state index in [2.05, 4.69) is 40.5 Å². The van der Waals surface area contributed by atoms with Crippen molar-refractivity contribution in [1.29, 1.82) is 0 Å². The Balaban J connectivity index is 1.59. The Morgan fingerprint density at radius 2 is 1.84 bits per heavy atom. The first kappa shape index (κ1) is 19.0. The summed E-state index contributed by atoms with van der Waals surface area (Å²) in [5, 5.41) is 2.91. The Bertz CT molecular complexity index is 666. The lowest BCUT2D eigenvalue weighted by atomic mass is 10.1. The minimum atomic E-state index is -0.0596. The van der Waals surface area contributed by atoms with Crippen LogP contribution in [-0.4, -0.2) is 33.2 Å². The third-order valence-electron chi connectivity index (χ3n) is 4.00. The average molecular weight is 340 g/mol. The number of rotatable bonds is 9. The molecule has 1 N–H and O–H groups in total. The molecule has 134 valence electrons. The maximum absolute atomic E-state index is 11.8. The molecule has 0 spiro atoms. The molecule has 0 aliphatic carbocycles. The average Bonchev–Trinajstić information content (AvgIpc) is 2.59. The number of carbonyl (C=O) groups excluding carboxylic acids is 1. The van der Waals surface area contributed by atoms with Gasteiger partial charge in [-0.25, -0.2) is 0 Å². The van der Waals surface area contributed by atoms with Crippen molar-refractivity contribution in [2.24, 2.45) is 0 Å². The smallest absolute Gasteiger partial charge is 0.246 e. The van der Waals surface area contributed by atoms with Gasteiger partial charge >= 0.3 is 0 Å². The molecule has 0 atom stereocenters. The first-order valence-corrected chi connectivity index (χ1v) is 8.71. The highest BCUT2D eigenvalue weighted by molar-refractivity contribution is 5.77. The summed E-state index contributed by atoms with van der Waals surface area (Å²) in [4.78, 5) is 13.9. The van der Waals surface area contributed by atoms with E-state index in [1.807, 2.05) is 39.2 Å². The van der Waals surface area contributed by atoms with Gasteiger partial charge in [0.15, 0.2) is 0 Å². The van der Waals surface area contributed by atoms with Crippen molar-refractivity contribution in [2.45, 2.75) is 26.4 Å². The lowest BCUT2D eigenvalue weighted by Crippen LogP contribution is -2.28. The number of nitrogens with zero attached hydrogens (tertiary/aromatic N) is 1. The van der Waals surface area contributed by atoms with Crippen LogP contribution >= 0.6 is 0 Å². The molecule has 2 aromatic carbocycles. The van der Waals surface area contributed by atoms with Crippen LogP contribution in [0.3, 0.4) is 0 Å². The maximum atomic E-state index is 11.8. The van der Waals surface area contributed by atoms with Crippen LogP contribution in [0, 0.1) is 6.92 Å². The highest BCUT2D eigenvalue weighted by Crippen LogP contribution is 2.13. The van der Waals surface area contributed by atoms with E-state index in [-0.39, 0.29) is 12.5 Å². The summed E-state index contributed by atoms with van der Waals surface area (Å²) in [6, 6.07) is 16.6. The highest BCUT2D eigenvalue weighted by Gasteiger charge is 2.02. The second kappa shape index (κ2) is 9.84. The van der Waals surface area contributed by atoms with Gasteiger partial charge in [0.2, 0.25) is 5.91 Å². The molecule has 0 heterocycles. The predicted molar refractivity (Wildman–Crippen MR) is 103 cm³/mol. The Labute approximate surface area is 150 Å². The number of aryl methyl sites for hydroxylation is 2. The van der Waals surface area contributed by atoms with Gasteiger partial charge in [-0.3, -0.25) is 4.79 Å². The molecule has 4 nitrogen and oxygen atoms in total. The molecule has 0 saturated heterocycles. The molecule has 0 aliphatic rings. The quantitative estimate of drug-likeness (QED) is 0.712. The minimum Gasteiger partial charge on any atom is -0.378 e. The summed E-state index contributed by atoms with van der Waals surface area (Å²) < 4.78 is 5.47. The molecule has 0 bridgehead atoms. The number of nitrogens with one attached hydrogen (secondary N) is 1. The van der Waals surface area contributed by atoms with E-state index in [0.29, 0.717) is 13.2 Å². The zero-order valence-electron chi connectivity index (χ0n) is 15.4. The van der Waals surface area contributed by atoms with Crippen LogP contribution in [0.15, 0.2) is 48.5 Å². The molecule has 4 heteroatoms. The van der Waals surface area contributed by atoms with Gasteiger partial charge in [-0.05, 0) is 43.0 Å². The van der Waals surface area contributed by atoms with E-state index >= 15 is 0 Å². The molecule has 1 amide bonds. The van der Waals surface area contributed by atoms with Crippen LogP contribution in [0.1, 0.15) is 23.1 Å². The zero-order valence-corrected chi connectivity index (χ0v) is 15.4. The molecule has 0 saturated carbocycles. The van der Waals surface area contributed by atoms with Crippen LogP contribution in [0.25, 0.3) is 0 Å². The Hall–Kier alpha value is -2.33. The van der Waals surface area contributed by atoms with E-state index in [1.165, 1.54) is 16.8 Å². The fourth-order valence-electron chi connectivity index (χ4n) is 2.60. The first-order chi connectivity index (χ1) is 12.0. The zero-order chi connectivity index (χ0) is 18.1. The molecule has 2 aromatic rings. The number of anilines is 1. The molecule has 0 aliphatic heterocycles. The van der Waals surface area contributed by atoms with Crippen molar-refractivity contribution in [3.8, 4) is 0 Å². The standard InChI is InChI=1S/C21H28N2O2/c1-17-6-4-7-19(14-17)15-25-16-21(24)22-13-5-8-18-9-11-20(12-10-18)23(2)3/h4,6-7,9-12,14H,5,8,13,15-16H2,1-3H3,(H,22,24). The summed E-state index contributed by atoms with van der Waals surface area (Å²) in [5.41, 5.74) is 4.77. The van der Waals surface area contributed by atoms with Gasteiger partial charge in [-0.2, -0.15) is 0 Å². The van der Waals surface area contributed by atoms with Crippen LogP contribution in [-0.2, 0) is 22.6 Å². The highest BCUT2D eigenvalue weighted by atomic mass is 16.5. The van der Waals surface area contributed by atoms with Crippen LogP contribution in [0.4, 0.5) is 5.69 Å². The Morgan fingerprint density at radius 3 is 2.52 bits per heavy atom. The Kier molecular flexibility index (Phi) is 7.48. The summed E-state index contributed by atoms with van der Waals surface area (Å²) in [7, 11) is 4.07. The first-order valence-electron chi connectivity index (χ1n) is 8.71. The third-order valence-corrected chi connectivity index (χ3v) is 4.00. The number of hydrogen-bond acceptors (Lipinski definition) is 3. The van der Waals surface area contributed by atoms with Crippen molar-refractivity contribution in [2.75, 3.05) is 32.1 Å². The predicted octanol–water partition coefficient (Wildman–Crippen LogP) is 3.33. The lowest BCUT2D eigenvalue weighted by molar-refractivity contribution is -0.126. The van der Waals surface area contributed by atoms with Crippen molar-refractivity contribution in [1.82, 2.24) is 5.32 Å². The SMILES string of the molecule is Cc1cccc(COCC(=O)NCCCc2ccc(N(C)C)cc2)c1. The van der Waals surface area contributed by atoms with Crippen molar-refractivity contribution in [3.05, 3.63) is 65.2 Å². The second-order valence-corrected chi connectivity index (χ2v) is 6.50.